The normalized spacial score (nSPS) is 9.18. The van der Waals surface area contributed by atoms with Gasteiger partial charge < -0.3 is 9.84 Å². The summed E-state index contributed by atoms with van der Waals surface area (Å²) in [7, 11) is 0. The molecule has 2 rings (SSSR count). The Morgan fingerprint density at radius 2 is 1.76 bits per heavy atom. The quantitative estimate of drug-likeness (QED) is 0.911. The Bertz CT molecular complexity index is 502. The molecule has 0 spiro atoms. The van der Waals surface area contributed by atoms with Gasteiger partial charge in [0.15, 0.2) is 0 Å². The van der Waals surface area contributed by atoms with Crippen molar-refractivity contribution in [3.63, 3.8) is 0 Å². The molecule has 0 aliphatic rings. The van der Waals surface area contributed by atoms with Gasteiger partial charge in [-0.3, -0.25) is 4.98 Å². The highest BCUT2D eigenvalue weighted by molar-refractivity contribution is 5.90. The van der Waals surface area contributed by atoms with Gasteiger partial charge in [-0.1, -0.05) is 12.1 Å². The SMILES string of the molecule is Cl.O=C(O)c1ccccc1Oc1ccncc1. The maximum absolute atomic E-state index is 10.9. The first kappa shape index (κ1) is 13.0. The Morgan fingerprint density at radius 3 is 2.41 bits per heavy atom. The summed E-state index contributed by atoms with van der Waals surface area (Å²) in [6, 6.07) is 9.83. The number of carbonyl (C=O) groups is 1. The van der Waals surface area contributed by atoms with Crippen molar-refractivity contribution < 1.29 is 14.6 Å². The van der Waals surface area contributed by atoms with Crippen molar-refractivity contribution in [1.29, 1.82) is 0 Å². The van der Waals surface area contributed by atoms with Gasteiger partial charge in [0, 0.05) is 12.4 Å². The Hall–Kier alpha value is -2.07. The first-order valence-electron chi connectivity index (χ1n) is 4.67. The number of carboxylic acids is 1. The zero-order valence-corrected chi connectivity index (χ0v) is 9.55. The fourth-order valence-electron chi connectivity index (χ4n) is 1.27. The number of benzene rings is 1. The van der Waals surface area contributed by atoms with Gasteiger partial charge in [0.1, 0.15) is 17.1 Å². The molecule has 1 heterocycles. The lowest BCUT2D eigenvalue weighted by Crippen LogP contribution is -1.99. The number of pyridine rings is 1. The second-order valence-electron chi connectivity index (χ2n) is 3.09. The Morgan fingerprint density at radius 1 is 1.12 bits per heavy atom. The minimum atomic E-state index is -1.01. The molecule has 2 aromatic rings. The monoisotopic (exact) mass is 251 g/mol. The van der Waals surface area contributed by atoms with E-state index in [1.165, 1.54) is 6.07 Å². The molecule has 0 aliphatic carbocycles. The van der Waals surface area contributed by atoms with Crippen molar-refractivity contribution in [2.75, 3.05) is 0 Å². The minimum absolute atomic E-state index is 0. The van der Waals surface area contributed by atoms with E-state index in [9.17, 15) is 4.79 Å². The Labute approximate surface area is 104 Å². The Kier molecular flexibility index (Phi) is 4.48. The molecule has 88 valence electrons. The van der Waals surface area contributed by atoms with E-state index < -0.39 is 5.97 Å². The van der Waals surface area contributed by atoms with Crippen LogP contribution in [0.4, 0.5) is 0 Å². The predicted molar refractivity (Wildman–Crippen MR) is 65.0 cm³/mol. The van der Waals surface area contributed by atoms with Gasteiger partial charge in [0.05, 0.1) is 0 Å². The molecule has 5 heteroatoms. The van der Waals surface area contributed by atoms with E-state index in [-0.39, 0.29) is 18.0 Å². The van der Waals surface area contributed by atoms with E-state index in [1.54, 1.807) is 42.7 Å². The van der Waals surface area contributed by atoms with Gasteiger partial charge >= 0.3 is 5.97 Å². The van der Waals surface area contributed by atoms with Crippen LogP contribution in [0.15, 0.2) is 48.8 Å². The molecule has 0 radical (unpaired) electrons. The molecule has 0 saturated carbocycles. The standard InChI is InChI=1S/C12H9NO3.ClH/c14-12(15)10-3-1-2-4-11(10)16-9-5-7-13-8-6-9;/h1-8H,(H,14,15);1H. The molecule has 0 fully saturated rings. The van der Waals surface area contributed by atoms with Crippen molar-refractivity contribution >= 4 is 18.4 Å². The summed E-state index contributed by atoms with van der Waals surface area (Å²) in [6.45, 7) is 0. The second kappa shape index (κ2) is 5.86. The third-order valence-corrected chi connectivity index (χ3v) is 2.00. The van der Waals surface area contributed by atoms with Crippen LogP contribution in [-0.4, -0.2) is 16.1 Å². The molecule has 1 aromatic heterocycles. The number of nitrogens with zero attached hydrogens (tertiary/aromatic N) is 1. The van der Waals surface area contributed by atoms with E-state index in [0.29, 0.717) is 11.5 Å². The minimum Gasteiger partial charge on any atom is -0.478 e. The van der Waals surface area contributed by atoms with E-state index in [2.05, 4.69) is 4.98 Å². The highest BCUT2D eigenvalue weighted by Gasteiger charge is 2.10. The molecule has 0 bridgehead atoms. The summed E-state index contributed by atoms with van der Waals surface area (Å²) in [6.07, 6.45) is 3.16. The molecule has 0 saturated heterocycles. The smallest absolute Gasteiger partial charge is 0.339 e. The summed E-state index contributed by atoms with van der Waals surface area (Å²) >= 11 is 0. The molecule has 0 unspecified atom stereocenters. The summed E-state index contributed by atoms with van der Waals surface area (Å²) in [5.74, 6) is -0.130. The molecule has 17 heavy (non-hydrogen) atoms. The van der Waals surface area contributed by atoms with Gasteiger partial charge in [-0.15, -0.1) is 12.4 Å². The lowest BCUT2D eigenvalue weighted by Gasteiger charge is -2.07. The van der Waals surface area contributed by atoms with Gasteiger partial charge in [-0.2, -0.15) is 0 Å². The number of aromatic nitrogens is 1. The van der Waals surface area contributed by atoms with Crippen LogP contribution in [0, 0.1) is 0 Å². The van der Waals surface area contributed by atoms with Crippen LogP contribution >= 0.6 is 12.4 Å². The molecule has 1 N–H and O–H groups in total. The molecular formula is C12H10ClNO3. The van der Waals surface area contributed by atoms with E-state index in [4.69, 9.17) is 9.84 Å². The number of para-hydroxylation sites is 1. The fraction of sp³-hybridized carbons (Fsp3) is 0. The van der Waals surface area contributed by atoms with Gasteiger partial charge in [0.2, 0.25) is 0 Å². The highest BCUT2D eigenvalue weighted by Crippen LogP contribution is 2.24. The lowest BCUT2D eigenvalue weighted by atomic mass is 10.2. The van der Waals surface area contributed by atoms with Gasteiger partial charge in [-0.25, -0.2) is 4.79 Å². The van der Waals surface area contributed by atoms with Crippen LogP contribution in [0.3, 0.4) is 0 Å². The van der Waals surface area contributed by atoms with Crippen molar-refractivity contribution in [3.8, 4) is 11.5 Å². The number of rotatable bonds is 3. The summed E-state index contributed by atoms with van der Waals surface area (Å²) in [5.41, 5.74) is 0.138. The maximum Gasteiger partial charge on any atom is 0.339 e. The van der Waals surface area contributed by atoms with Crippen LogP contribution in [0.5, 0.6) is 11.5 Å². The van der Waals surface area contributed by atoms with E-state index in [0.717, 1.165) is 0 Å². The van der Waals surface area contributed by atoms with E-state index in [1.807, 2.05) is 0 Å². The predicted octanol–water partition coefficient (Wildman–Crippen LogP) is 2.99. The fourth-order valence-corrected chi connectivity index (χ4v) is 1.27. The summed E-state index contributed by atoms with van der Waals surface area (Å²) in [5, 5.41) is 8.95. The third-order valence-electron chi connectivity index (χ3n) is 2.00. The van der Waals surface area contributed by atoms with E-state index >= 15 is 0 Å². The second-order valence-corrected chi connectivity index (χ2v) is 3.09. The molecule has 1 aromatic carbocycles. The van der Waals surface area contributed by atoms with Gasteiger partial charge in [0.25, 0.3) is 0 Å². The first-order chi connectivity index (χ1) is 7.77. The number of halogens is 1. The van der Waals surface area contributed by atoms with Crippen molar-refractivity contribution in [1.82, 2.24) is 4.98 Å². The topological polar surface area (TPSA) is 59.4 Å². The van der Waals surface area contributed by atoms with Crippen LogP contribution in [0.1, 0.15) is 10.4 Å². The number of carboxylic acid groups (broad SMARTS) is 1. The van der Waals surface area contributed by atoms with Gasteiger partial charge in [-0.05, 0) is 24.3 Å². The average Bonchev–Trinajstić information content (AvgIpc) is 2.31. The summed E-state index contributed by atoms with van der Waals surface area (Å²) < 4.78 is 5.45. The molecule has 4 nitrogen and oxygen atoms in total. The first-order valence-corrected chi connectivity index (χ1v) is 4.67. The molecule has 0 amide bonds. The highest BCUT2D eigenvalue weighted by atomic mass is 35.5. The third kappa shape index (κ3) is 3.19. The van der Waals surface area contributed by atoms with Crippen molar-refractivity contribution in [2.45, 2.75) is 0 Å². The molecular weight excluding hydrogens is 242 g/mol. The van der Waals surface area contributed by atoms with Crippen LogP contribution in [-0.2, 0) is 0 Å². The lowest BCUT2D eigenvalue weighted by molar-refractivity contribution is 0.0694. The summed E-state index contributed by atoms with van der Waals surface area (Å²) in [4.78, 5) is 14.8. The van der Waals surface area contributed by atoms with Crippen LogP contribution < -0.4 is 4.74 Å². The van der Waals surface area contributed by atoms with Crippen LogP contribution in [0.25, 0.3) is 0 Å². The zero-order valence-electron chi connectivity index (χ0n) is 8.74. The average molecular weight is 252 g/mol. The number of hydrogen-bond acceptors (Lipinski definition) is 3. The largest absolute Gasteiger partial charge is 0.478 e. The number of aromatic carboxylic acids is 1. The van der Waals surface area contributed by atoms with Crippen molar-refractivity contribution in [3.05, 3.63) is 54.4 Å². The molecule has 0 atom stereocenters. The van der Waals surface area contributed by atoms with Crippen LogP contribution in [0.2, 0.25) is 0 Å². The number of ether oxygens (including phenoxy) is 1. The maximum atomic E-state index is 10.9. The van der Waals surface area contributed by atoms with Crippen molar-refractivity contribution in [2.24, 2.45) is 0 Å². The number of hydrogen-bond donors (Lipinski definition) is 1. The zero-order chi connectivity index (χ0) is 11.4. The Balaban J connectivity index is 0.00000144. The molecule has 0 aliphatic heterocycles.